The first-order chi connectivity index (χ1) is 12.2. The van der Waals surface area contributed by atoms with E-state index in [1.54, 1.807) is 32.0 Å². The van der Waals surface area contributed by atoms with Gasteiger partial charge in [0.15, 0.2) is 4.90 Å². The SMILES string of the molecule is CC(C)NC(=O)CN(c1ccccc1)S(=O)(=O)c1ccccc1[N+](=O)[O-]. The van der Waals surface area contributed by atoms with Gasteiger partial charge in [0.1, 0.15) is 6.54 Å². The number of carbonyl (C=O) groups excluding carboxylic acids is 1. The van der Waals surface area contributed by atoms with Crippen molar-refractivity contribution in [1.82, 2.24) is 5.32 Å². The predicted molar refractivity (Wildman–Crippen MR) is 97.3 cm³/mol. The Morgan fingerprint density at radius 2 is 1.69 bits per heavy atom. The molecule has 2 aromatic rings. The van der Waals surface area contributed by atoms with Crippen LogP contribution in [0.25, 0.3) is 0 Å². The second kappa shape index (κ2) is 7.96. The minimum atomic E-state index is -4.33. The van der Waals surface area contributed by atoms with E-state index in [0.29, 0.717) is 0 Å². The van der Waals surface area contributed by atoms with Crippen molar-refractivity contribution in [1.29, 1.82) is 0 Å². The van der Waals surface area contributed by atoms with E-state index in [1.807, 2.05) is 0 Å². The number of nitro benzene ring substituents is 1. The smallest absolute Gasteiger partial charge is 0.289 e. The van der Waals surface area contributed by atoms with Crippen molar-refractivity contribution in [2.75, 3.05) is 10.8 Å². The molecule has 2 rings (SSSR count). The van der Waals surface area contributed by atoms with E-state index >= 15 is 0 Å². The van der Waals surface area contributed by atoms with Gasteiger partial charge in [-0.25, -0.2) is 8.42 Å². The molecule has 0 heterocycles. The van der Waals surface area contributed by atoms with E-state index in [2.05, 4.69) is 5.32 Å². The Bertz CT molecular complexity index is 898. The molecule has 0 radical (unpaired) electrons. The molecular formula is C17H19N3O5S. The minimum Gasteiger partial charge on any atom is -0.352 e. The second-order valence-corrected chi connectivity index (χ2v) is 7.63. The number of nitrogens with one attached hydrogen (secondary N) is 1. The van der Waals surface area contributed by atoms with Gasteiger partial charge in [0.2, 0.25) is 5.91 Å². The summed E-state index contributed by atoms with van der Waals surface area (Å²) >= 11 is 0. The third-order valence-corrected chi connectivity index (χ3v) is 5.23. The maximum atomic E-state index is 13.1. The van der Waals surface area contributed by atoms with Gasteiger partial charge < -0.3 is 5.32 Å². The van der Waals surface area contributed by atoms with Gasteiger partial charge in [-0.1, -0.05) is 30.3 Å². The van der Waals surface area contributed by atoms with Gasteiger partial charge in [-0.3, -0.25) is 19.2 Å². The molecule has 26 heavy (non-hydrogen) atoms. The highest BCUT2D eigenvalue weighted by atomic mass is 32.2. The number of benzene rings is 2. The second-order valence-electron chi connectivity index (χ2n) is 5.79. The summed E-state index contributed by atoms with van der Waals surface area (Å²) in [6.07, 6.45) is 0. The molecule has 0 atom stereocenters. The van der Waals surface area contributed by atoms with Crippen LogP contribution in [0.15, 0.2) is 59.5 Å². The van der Waals surface area contributed by atoms with E-state index in [4.69, 9.17) is 0 Å². The number of anilines is 1. The van der Waals surface area contributed by atoms with Crippen LogP contribution in [-0.2, 0) is 14.8 Å². The number of para-hydroxylation sites is 2. The quantitative estimate of drug-likeness (QED) is 0.588. The molecule has 0 saturated carbocycles. The lowest BCUT2D eigenvalue weighted by Crippen LogP contribution is -2.43. The molecule has 1 amide bonds. The monoisotopic (exact) mass is 377 g/mol. The van der Waals surface area contributed by atoms with E-state index in [1.165, 1.54) is 24.3 Å². The zero-order chi connectivity index (χ0) is 19.3. The van der Waals surface area contributed by atoms with Crippen LogP contribution in [-0.4, -0.2) is 31.8 Å². The highest BCUT2D eigenvalue weighted by molar-refractivity contribution is 7.93. The maximum Gasteiger partial charge on any atom is 0.289 e. The van der Waals surface area contributed by atoms with Crippen LogP contribution >= 0.6 is 0 Å². The lowest BCUT2D eigenvalue weighted by Gasteiger charge is -2.24. The van der Waals surface area contributed by atoms with Gasteiger partial charge in [0, 0.05) is 12.1 Å². The molecule has 0 fully saturated rings. The standard InChI is InChI=1S/C17H19N3O5S/c1-13(2)18-17(21)12-19(14-8-4-3-5-9-14)26(24,25)16-11-7-6-10-15(16)20(22)23/h3-11,13H,12H2,1-2H3,(H,18,21). The topological polar surface area (TPSA) is 110 Å². The fourth-order valence-corrected chi connectivity index (χ4v) is 3.93. The van der Waals surface area contributed by atoms with Crippen molar-refractivity contribution in [2.24, 2.45) is 0 Å². The first kappa shape index (κ1) is 19.4. The molecule has 0 bridgehead atoms. The van der Waals surface area contributed by atoms with Crippen molar-refractivity contribution < 1.29 is 18.1 Å². The van der Waals surface area contributed by atoms with Crippen LogP contribution in [0, 0.1) is 10.1 Å². The molecular weight excluding hydrogens is 358 g/mol. The molecule has 1 N–H and O–H groups in total. The summed E-state index contributed by atoms with van der Waals surface area (Å²) in [6.45, 7) is 3.01. The fraction of sp³-hybridized carbons (Fsp3) is 0.235. The van der Waals surface area contributed by atoms with Gasteiger partial charge in [0.25, 0.3) is 15.7 Å². The van der Waals surface area contributed by atoms with Crippen molar-refractivity contribution in [2.45, 2.75) is 24.8 Å². The molecule has 0 spiro atoms. The van der Waals surface area contributed by atoms with E-state index in [-0.39, 0.29) is 11.7 Å². The Hall–Kier alpha value is -2.94. The maximum absolute atomic E-state index is 13.1. The fourth-order valence-electron chi connectivity index (χ4n) is 2.35. The average molecular weight is 377 g/mol. The summed E-state index contributed by atoms with van der Waals surface area (Å²) in [6, 6.07) is 12.9. The first-order valence-corrected chi connectivity index (χ1v) is 9.28. The number of nitro groups is 1. The number of sulfonamides is 1. The summed E-state index contributed by atoms with van der Waals surface area (Å²) in [5, 5.41) is 13.9. The molecule has 2 aromatic carbocycles. The van der Waals surface area contributed by atoms with Crippen LogP contribution in [0.1, 0.15) is 13.8 Å². The van der Waals surface area contributed by atoms with Crippen LogP contribution in [0.2, 0.25) is 0 Å². The lowest BCUT2D eigenvalue weighted by molar-refractivity contribution is -0.387. The normalized spacial score (nSPS) is 11.2. The average Bonchev–Trinajstić information content (AvgIpc) is 2.59. The predicted octanol–water partition coefficient (Wildman–Crippen LogP) is 2.31. The molecule has 0 aliphatic heterocycles. The Morgan fingerprint density at radius 1 is 1.12 bits per heavy atom. The minimum absolute atomic E-state index is 0.172. The number of hydrogen-bond acceptors (Lipinski definition) is 5. The summed E-state index contributed by atoms with van der Waals surface area (Å²) in [5.41, 5.74) is -0.303. The molecule has 0 unspecified atom stereocenters. The van der Waals surface area contributed by atoms with Gasteiger partial charge in [0.05, 0.1) is 10.6 Å². The third-order valence-electron chi connectivity index (χ3n) is 3.41. The van der Waals surface area contributed by atoms with Gasteiger partial charge in [-0.15, -0.1) is 0 Å². The number of hydrogen-bond donors (Lipinski definition) is 1. The van der Waals surface area contributed by atoms with Crippen LogP contribution < -0.4 is 9.62 Å². The molecule has 0 aliphatic carbocycles. The number of rotatable bonds is 7. The highest BCUT2D eigenvalue weighted by Crippen LogP contribution is 2.29. The molecule has 9 heteroatoms. The van der Waals surface area contributed by atoms with E-state index in [0.717, 1.165) is 16.4 Å². The number of nitrogens with zero attached hydrogens (tertiary/aromatic N) is 2. The Balaban J connectivity index is 2.54. The van der Waals surface area contributed by atoms with Crippen molar-refractivity contribution >= 4 is 27.3 Å². The van der Waals surface area contributed by atoms with Gasteiger partial charge >= 0.3 is 0 Å². The van der Waals surface area contributed by atoms with Crippen LogP contribution in [0.3, 0.4) is 0 Å². The Morgan fingerprint density at radius 3 is 2.27 bits per heavy atom. The molecule has 0 aliphatic rings. The van der Waals surface area contributed by atoms with Crippen LogP contribution in [0.5, 0.6) is 0 Å². The van der Waals surface area contributed by atoms with E-state index in [9.17, 15) is 23.3 Å². The molecule has 0 aromatic heterocycles. The highest BCUT2D eigenvalue weighted by Gasteiger charge is 2.33. The first-order valence-electron chi connectivity index (χ1n) is 7.84. The van der Waals surface area contributed by atoms with E-state index < -0.39 is 38.0 Å². The van der Waals surface area contributed by atoms with Gasteiger partial charge in [-0.2, -0.15) is 0 Å². The summed E-state index contributed by atoms with van der Waals surface area (Å²) in [4.78, 5) is 22.2. The zero-order valence-corrected chi connectivity index (χ0v) is 15.1. The summed E-state index contributed by atoms with van der Waals surface area (Å²) in [5.74, 6) is -0.508. The zero-order valence-electron chi connectivity index (χ0n) is 14.3. The summed E-state index contributed by atoms with van der Waals surface area (Å²) in [7, 11) is -4.33. The van der Waals surface area contributed by atoms with Gasteiger partial charge in [-0.05, 0) is 32.0 Å². The van der Waals surface area contributed by atoms with Crippen LogP contribution in [0.4, 0.5) is 11.4 Å². The lowest BCUT2D eigenvalue weighted by atomic mass is 10.3. The molecule has 8 nitrogen and oxygen atoms in total. The third kappa shape index (κ3) is 4.37. The Labute approximate surface area is 151 Å². The van der Waals surface area contributed by atoms with Crippen molar-refractivity contribution in [3.63, 3.8) is 0 Å². The van der Waals surface area contributed by atoms with Crippen molar-refractivity contribution in [3.8, 4) is 0 Å². The number of carbonyl (C=O) groups is 1. The molecule has 0 saturated heterocycles. The summed E-state index contributed by atoms with van der Waals surface area (Å²) < 4.78 is 27.1. The Kier molecular flexibility index (Phi) is 5.93. The number of amides is 1. The van der Waals surface area contributed by atoms with Crippen molar-refractivity contribution in [3.05, 3.63) is 64.7 Å². The largest absolute Gasteiger partial charge is 0.352 e. The molecule has 138 valence electrons.